The van der Waals surface area contributed by atoms with Crippen LogP contribution in [0.1, 0.15) is 35.9 Å². The molecule has 0 saturated heterocycles. The Balaban J connectivity index is 1.56. The number of phenolic OH excluding ortho intramolecular Hbond substituents is 1. The molecule has 0 radical (unpaired) electrons. The van der Waals surface area contributed by atoms with E-state index in [0.29, 0.717) is 12.2 Å². The first kappa shape index (κ1) is 21.9. The van der Waals surface area contributed by atoms with Crippen LogP contribution in [0.5, 0.6) is 11.5 Å². The summed E-state index contributed by atoms with van der Waals surface area (Å²) in [4.78, 5) is 15.7. The quantitative estimate of drug-likeness (QED) is 0.486. The Hall–Kier alpha value is -3.93. The van der Waals surface area contributed by atoms with Crippen LogP contribution in [0.4, 0.5) is 17.1 Å². The standard InChI is InChI=1S/C28H29N3O3/c1-31(2)20-11-8-17(9-12-20)19-14-23-27(25(33)16-19)28(18-10-13-26(34-3)24(32)15-18)30-22-7-5-4-6-21(22)29-23/h4-13,15,19,28-30,32H,14,16H2,1-3H3. The molecule has 6 nitrogen and oxygen atoms in total. The smallest absolute Gasteiger partial charge is 0.163 e. The number of carbonyl (C=O) groups is 1. The predicted octanol–water partition coefficient (Wildman–Crippen LogP) is 5.45. The summed E-state index contributed by atoms with van der Waals surface area (Å²) in [6.07, 6.45) is 1.18. The van der Waals surface area contributed by atoms with Gasteiger partial charge in [0.15, 0.2) is 17.3 Å². The molecule has 0 amide bonds. The van der Waals surface area contributed by atoms with E-state index in [4.69, 9.17) is 4.74 Å². The van der Waals surface area contributed by atoms with Gasteiger partial charge in [-0.15, -0.1) is 0 Å². The van der Waals surface area contributed by atoms with Crippen molar-refractivity contribution in [3.8, 4) is 11.5 Å². The lowest BCUT2D eigenvalue weighted by Gasteiger charge is -2.30. The van der Waals surface area contributed by atoms with E-state index in [2.05, 4.69) is 39.8 Å². The van der Waals surface area contributed by atoms with Crippen molar-refractivity contribution >= 4 is 22.8 Å². The lowest BCUT2D eigenvalue weighted by Crippen LogP contribution is -2.26. The SMILES string of the molecule is COc1ccc(C2Nc3ccccc3NC3=C2C(=O)CC(c2ccc(N(C)C)cc2)C3)cc1O. The van der Waals surface area contributed by atoms with Gasteiger partial charge in [0.2, 0.25) is 0 Å². The number of ketones is 1. The molecule has 1 heterocycles. The van der Waals surface area contributed by atoms with E-state index < -0.39 is 0 Å². The number of ether oxygens (including phenoxy) is 1. The maximum atomic E-state index is 13.6. The van der Waals surface area contributed by atoms with Crippen LogP contribution in [-0.4, -0.2) is 32.1 Å². The average molecular weight is 456 g/mol. The molecule has 2 unspecified atom stereocenters. The van der Waals surface area contributed by atoms with Crippen LogP contribution >= 0.6 is 0 Å². The molecule has 3 aromatic carbocycles. The fourth-order valence-corrected chi connectivity index (χ4v) is 4.91. The molecule has 0 fully saturated rings. The molecule has 2 aliphatic rings. The van der Waals surface area contributed by atoms with Crippen LogP contribution in [0.2, 0.25) is 0 Å². The van der Waals surface area contributed by atoms with Gasteiger partial charge in [-0.2, -0.15) is 0 Å². The Morgan fingerprint density at radius 1 is 0.941 bits per heavy atom. The highest BCUT2D eigenvalue weighted by atomic mass is 16.5. The predicted molar refractivity (Wildman–Crippen MR) is 136 cm³/mol. The van der Waals surface area contributed by atoms with Gasteiger partial charge in [-0.25, -0.2) is 0 Å². The lowest BCUT2D eigenvalue weighted by molar-refractivity contribution is -0.116. The maximum Gasteiger partial charge on any atom is 0.163 e. The molecule has 5 rings (SSSR count). The Morgan fingerprint density at radius 3 is 2.32 bits per heavy atom. The summed E-state index contributed by atoms with van der Waals surface area (Å²) >= 11 is 0. The summed E-state index contributed by atoms with van der Waals surface area (Å²) in [7, 11) is 5.57. The van der Waals surface area contributed by atoms with Crippen LogP contribution in [0.25, 0.3) is 0 Å². The molecule has 0 saturated carbocycles. The fourth-order valence-electron chi connectivity index (χ4n) is 4.91. The number of hydrogen-bond donors (Lipinski definition) is 3. The van der Waals surface area contributed by atoms with Gasteiger partial charge in [0.1, 0.15) is 0 Å². The number of aromatic hydroxyl groups is 1. The first-order valence-electron chi connectivity index (χ1n) is 11.5. The third-order valence-electron chi connectivity index (χ3n) is 6.73. The van der Waals surface area contributed by atoms with Gasteiger partial charge in [0, 0.05) is 37.5 Å². The summed E-state index contributed by atoms with van der Waals surface area (Å²) < 4.78 is 5.22. The number of Topliss-reactive ketones (excluding diaryl/α,β-unsaturated/α-hetero) is 1. The van der Waals surface area contributed by atoms with E-state index in [-0.39, 0.29) is 23.5 Å². The van der Waals surface area contributed by atoms with Crippen molar-refractivity contribution in [2.45, 2.75) is 24.8 Å². The minimum absolute atomic E-state index is 0.0524. The van der Waals surface area contributed by atoms with E-state index in [1.165, 1.54) is 7.11 Å². The third-order valence-corrected chi connectivity index (χ3v) is 6.73. The van der Waals surface area contributed by atoms with Gasteiger partial charge in [0.05, 0.1) is 24.5 Å². The molecule has 0 spiro atoms. The van der Waals surface area contributed by atoms with Crippen molar-refractivity contribution < 1.29 is 14.6 Å². The third kappa shape index (κ3) is 3.96. The summed E-state index contributed by atoms with van der Waals surface area (Å²) in [5, 5.41) is 17.5. The molecule has 3 aromatic rings. The molecule has 1 aliphatic carbocycles. The molecule has 0 bridgehead atoms. The van der Waals surface area contributed by atoms with Crippen LogP contribution in [-0.2, 0) is 4.79 Å². The molecular weight excluding hydrogens is 426 g/mol. The number of allylic oxidation sites excluding steroid dienone is 1. The topological polar surface area (TPSA) is 73.8 Å². The molecule has 34 heavy (non-hydrogen) atoms. The molecule has 0 aromatic heterocycles. The van der Waals surface area contributed by atoms with Crippen LogP contribution in [0.15, 0.2) is 78.0 Å². The average Bonchev–Trinajstić information content (AvgIpc) is 3.01. The molecular formula is C28H29N3O3. The number of carbonyl (C=O) groups excluding carboxylic acids is 1. The fraction of sp³-hybridized carbons (Fsp3) is 0.250. The van der Waals surface area contributed by atoms with Crippen molar-refractivity contribution in [3.05, 3.63) is 89.1 Å². The maximum absolute atomic E-state index is 13.6. The van der Waals surface area contributed by atoms with Gasteiger partial charge in [-0.05, 0) is 59.9 Å². The zero-order valence-electron chi connectivity index (χ0n) is 19.6. The van der Waals surface area contributed by atoms with E-state index in [0.717, 1.165) is 45.9 Å². The Bertz CT molecular complexity index is 1260. The first-order valence-corrected chi connectivity index (χ1v) is 11.5. The number of phenols is 1. The summed E-state index contributed by atoms with van der Waals surface area (Å²) in [6, 6.07) is 21.3. The van der Waals surface area contributed by atoms with Crippen molar-refractivity contribution in [2.75, 3.05) is 36.7 Å². The molecule has 3 N–H and O–H groups in total. The second-order valence-corrected chi connectivity index (χ2v) is 9.09. The van der Waals surface area contributed by atoms with E-state index in [9.17, 15) is 9.90 Å². The van der Waals surface area contributed by atoms with Crippen LogP contribution in [0, 0.1) is 0 Å². The first-order chi connectivity index (χ1) is 16.4. The summed E-state index contributed by atoms with van der Waals surface area (Å²) in [5.41, 5.74) is 6.61. The van der Waals surface area contributed by atoms with E-state index >= 15 is 0 Å². The number of nitrogens with zero attached hydrogens (tertiary/aromatic N) is 1. The molecule has 1 aliphatic heterocycles. The second kappa shape index (κ2) is 8.78. The largest absolute Gasteiger partial charge is 0.504 e. The van der Waals surface area contributed by atoms with Crippen LogP contribution in [0.3, 0.4) is 0 Å². The minimum Gasteiger partial charge on any atom is -0.504 e. The van der Waals surface area contributed by atoms with Crippen molar-refractivity contribution in [3.63, 3.8) is 0 Å². The number of nitrogens with one attached hydrogen (secondary N) is 2. The number of benzene rings is 3. The van der Waals surface area contributed by atoms with Gasteiger partial charge in [-0.3, -0.25) is 4.79 Å². The van der Waals surface area contributed by atoms with Crippen LogP contribution < -0.4 is 20.3 Å². The van der Waals surface area contributed by atoms with E-state index in [1.807, 2.05) is 44.4 Å². The Morgan fingerprint density at radius 2 is 1.65 bits per heavy atom. The van der Waals surface area contributed by atoms with Gasteiger partial charge in [-0.1, -0.05) is 30.3 Å². The number of anilines is 3. The van der Waals surface area contributed by atoms with Gasteiger partial charge in [0.25, 0.3) is 0 Å². The zero-order valence-corrected chi connectivity index (χ0v) is 19.6. The highest BCUT2D eigenvalue weighted by molar-refractivity contribution is 6.01. The molecule has 2 atom stereocenters. The van der Waals surface area contributed by atoms with E-state index in [1.54, 1.807) is 12.1 Å². The van der Waals surface area contributed by atoms with Crippen molar-refractivity contribution in [1.82, 2.24) is 0 Å². The van der Waals surface area contributed by atoms with Crippen molar-refractivity contribution in [2.24, 2.45) is 0 Å². The number of fused-ring (bicyclic) bond motifs is 1. The molecule has 6 heteroatoms. The minimum atomic E-state index is -0.382. The molecule has 174 valence electrons. The van der Waals surface area contributed by atoms with Gasteiger partial charge >= 0.3 is 0 Å². The number of methoxy groups -OCH3 is 1. The normalized spacial score (nSPS) is 19.3. The Kier molecular flexibility index (Phi) is 5.65. The number of rotatable bonds is 4. The zero-order chi connectivity index (χ0) is 23.8. The van der Waals surface area contributed by atoms with Gasteiger partial charge < -0.3 is 25.4 Å². The number of hydrogen-bond acceptors (Lipinski definition) is 6. The Labute approximate surface area is 199 Å². The summed E-state index contributed by atoms with van der Waals surface area (Å²) in [6.45, 7) is 0. The number of para-hydroxylation sites is 2. The highest BCUT2D eigenvalue weighted by Gasteiger charge is 2.36. The monoisotopic (exact) mass is 455 g/mol. The second-order valence-electron chi connectivity index (χ2n) is 9.09. The lowest BCUT2D eigenvalue weighted by atomic mass is 9.78. The van der Waals surface area contributed by atoms with Crippen molar-refractivity contribution in [1.29, 1.82) is 0 Å². The highest BCUT2D eigenvalue weighted by Crippen LogP contribution is 2.45. The summed E-state index contributed by atoms with van der Waals surface area (Å²) in [5.74, 6) is 0.666.